The van der Waals surface area contributed by atoms with Crippen molar-refractivity contribution in [2.75, 3.05) is 37.2 Å². The predicted octanol–water partition coefficient (Wildman–Crippen LogP) is 6.21. The third-order valence-electron chi connectivity index (χ3n) is 8.00. The molecule has 8 nitrogen and oxygen atoms in total. The minimum Gasteiger partial charge on any atom is -0.457 e. The maximum Gasteiger partial charge on any atom is 0.317 e. The average Bonchev–Trinajstić information content (AvgIpc) is 2.95. The lowest BCUT2D eigenvalue weighted by Crippen LogP contribution is -2.51. The number of sulfonamides is 1. The number of nitrogens with one attached hydrogen (secondary N) is 2. The first-order valence-electron chi connectivity index (χ1n) is 14.9. The highest BCUT2D eigenvalue weighted by molar-refractivity contribution is 7.92. The summed E-state index contributed by atoms with van der Waals surface area (Å²) in [6.45, 7) is 6.69. The molecule has 9 heteroatoms. The van der Waals surface area contributed by atoms with Gasteiger partial charge in [-0.25, -0.2) is 13.2 Å². The van der Waals surface area contributed by atoms with Gasteiger partial charge in [0, 0.05) is 44.5 Å². The highest BCUT2D eigenvalue weighted by Gasteiger charge is 2.28. The number of nitrogens with zero attached hydrogens (tertiary/aromatic N) is 2. The molecular formula is C31H46N4O4S. The molecule has 40 heavy (non-hydrogen) atoms. The first-order valence-corrected chi connectivity index (χ1v) is 16.8. The molecule has 1 aliphatic heterocycles. The van der Waals surface area contributed by atoms with Gasteiger partial charge in [-0.2, -0.15) is 0 Å². The molecule has 1 aliphatic carbocycles. The summed E-state index contributed by atoms with van der Waals surface area (Å²) in [6.07, 6.45) is 11.7. The van der Waals surface area contributed by atoms with E-state index in [1.807, 2.05) is 12.1 Å². The van der Waals surface area contributed by atoms with Crippen molar-refractivity contribution >= 4 is 21.7 Å². The molecule has 2 aromatic carbocycles. The van der Waals surface area contributed by atoms with Crippen molar-refractivity contribution in [3.8, 4) is 11.5 Å². The summed E-state index contributed by atoms with van der Waals surface area (Å²) in [5.41, 5.74) is 1.73. The van der Waals surface area contributed by atoms with E-state index in [4.69, 9.17) is 4.74 Å². The zero-order chi connectivity index (χ0) is 28.4. The summed E-state index contributed by atoms with van der Waals surface area (Å²) in [7, 11) is -3.30. The van der Waals surface area contributed by atoms with E-state index in [2.05, 4.69) is 38.9 Å². The average molecular weight is 571 g/mol. The summed E-state index contributed by atoms with van der Waals surface area (Å²) >= 11 is 0. The largest absolute Gasteiger partial charge is 0.457 e. The third-order valence-corrected chi connectivity index (χ3v) is 8.61. The number of benzene rings is 2. The molecule has 0 atom stereocenters. The lowest BCUT2D eigenvalue weighted by Gasteiger charge is -2.39. The van der Waals surface area contributed by atoms with E-state index in [0.29, 0.717) is 23.4 Å². The Hall–Kier alpha value is -2.78. The maximum atomic E-state index is 13.2. The Morgan fingerprint density at radius 2 is 1.57 bits per heavy atom. The monoisotopic (exact) mass is 570 g/mol. The molecule has 2 aliphatic rings. The van der Waals surface area contributed by atoms with E-state index in [0.717, 1.165) is 70.4 Å². The molecule has 0 bridgehead atoms. The van der Waals surface area contributed by atoms with Crippen LogP contribution in [-0.4, -0.2) is 62.7 Å². The van der Waals surface area contributed by atoms with Crippen LogP contribution in [0.1, 0.15) is 70.3 Å². The second-order valence-electron chi connectivity index (χ2n) is 11.4. The van der Waals surface area contributed by atoms with Crippen LogP contribution in [0.15, 0.2) is 48.5 Å². The number of hydrogen-bond donors (Lipinski definition) is 2. The summed E-state index contributed by atoms with van der Waals surface area (Å²) in [4.78, 5) is 17.8. The normalized spacial score (nSPS) is 17.4. The highest BCUT2D eigenvalue weighted by atomic mass is 32.2. The molecule has 2 amide bonds. The third kappa shape index (κ3) is 9.70. The fourth-order valence-electron chi connectivity index (χ4n) is 5.75. The molecule has 0 radical (unpaired) electrons. The molecule has 220 valence electrons. The number of ether oxygens (including phenoxy) is 1. The standard InChI is InChI=1S/C31H46N4O4S/c1-3-4-20-35(31(36)32-23-25-8-6-5-7-9-25)28-18-21-34(22-19-28)24-26-10-14-29(15-11-26)39-30-16-12-27(13-17-30)33-40(2,37)38/h10-17,25,28,33H,3-9,18-24H2,1-2H3,(H,32,36). The van der Waals surface area contributed by atoms with Crippen molar-refractivity contribution in [2.45, 2.75) is 77.3 Å². The van der Waals surface area contributed by atoms with E-state index < -0.39 is 10.0 Å². The van der Waals surface area contributed by atoms with Gasteiger partial charge in [0.05, 0.1) is 6.26 Å². The molecule has 4 rings (SSSR count). The first kappa shape index (κ1) is 30.2. The van der Waals surface area contributed by atoms with Crippen molar-refractivity contribution in [3.63, 3.8) is 0 Å². The second-order valence-corrected chi connectivity index (χ2v) is 13.1. The van der Waals surface area contributed by atoms with Crippen molar-refractivity contribution in [3.05, 3.63) is 54.1 Å². The van der Waals surface area contributed by atoms with Gasteiger partial charge in [-0.3, -0.25) is 9.62 Å². The van der Waals surface area contributed by atoms with Gasteiger partial charge >= 0.3 is 6.03 Å². The van der Waals surface area contributed by atoms with Gasteiger partial charge in [0.15, 0.2) is 0 Å². The van der Waals surface area contributed by atoms with Gasteiger partial charge in [0.1, 0.15) is 11.5 Å². The summed E-state index contributed by atoms with van der Waals surface area (Å²) in [6, 6.07) is 15.4. The molecule has 2 fully saturated rings. The topological polar surface area (TPSA) is 91.0 Å². The van der Waals surface area contributed by atoms with E-state index in [1.54, 1.807) is 24.3 Å². The fraction of sp³-hybridized carbons (Fsp3) is 0.581. The number of piperidine rings is 1. The maximum absolute atomic E-state index is 13.2. The number of unbranched alkanes of at least 4 members (excludes halogenated alkanes) is 1. The predicted molar refractivity (Wildman–Crippen MR) is 161 cm³/mol. The summed E-state index contributed by atoms with van der Waals surface area (Å²) in [5.74, 6) is 2.02. The van der Waals surface area contributed by atoms with Crippen LogP contribution in [-0.2, 0) is 16.6 Å². The Morgan fingerprint density at radius 3 is 2.17 bits per heavy atom. The molecule has 0 unspecified atom stereocenters. The van der Waals surface area contributed by atoms with Crippen LogP contribution >= 0.6 is 0 Å². The van der Waals surface area contributed by atoms with E-state index in [9.17, 15) is 13.2 Å². The van der Waals surface area contributed by atoms with Gasteiger partial charge in [-0.15, -0.1) is 0 Å². The minimum absolute atomic E-state index is 0.134. The molecule has 1 saturated heterocycles. The molecule has 1 heterocycles. The number of urea groups is 1. The molecular weight excluding hydrogens is 524 g/mol. The number of hydrogen-bond acceptors (Lipinski definition) is 5. The fourth-order valence-corrected chi connectivity index (χ4v) is 6.32. The van der Waals surface area contributed by atoms with Crippen LogP contribution in [0.5, 0.6) is 11.5 Å². The Balaban J connectivity index is 1.23. The Bertz CT molecular complexity index is 1160. The number of rotatable bonds is 12. The van der Waals surface area contributed by atoms with E-state index in [-0.39, 0.29) is 6.03 Å². The summed E-state index contributed by atoms with van der Waals surface area (Å²) < 4.78 is 31.1. The molecule has 0 aromatic heterocycles. The van der Waals surface area contributed by atoms with E-state index in [1.165, 1.54) is 37.7 Å². The second kappa shape index (κ2) is 14.7. The zero-order valence-corrected chi connectivity index (χ0v) is 24.9. The molecule has 0 spiro atoms. The van der Waals surface area contributed by atoms with Gasteiger partial charge in [-0.1, -0.05) is 44.7 Å². The molecule has 1 saturated carbocycles. The van der Waals surface area contributed by atoms with Crippen molar-refractivity contribution < 1.29 is 17.9 Å². The lowest BCUT2D eigenvalue weighted by molar-refractivity contribution is 0.115. The van der Waals surface area contributed by atoms with Crippen molar-refractivity contribution in [1.29, 1.82) is 0 Å². The van der Waals surface area contributed by atoms with Crippen LogP contribution in [0.25, 0.3) is 0 Å². The number of amides is 2. The van der Waals surface area contributed by atoms with Crippen LogP contribution in [0, 0.1) is 5.92 Å². The summed E-state index contributed by atoms with van der Waals surface area (Å²) in [5, 5.41) is 3.28. The highest BCUT2D eigenvalue weighted by Crippen LogP contribution is 2.26. The number of likely N-dealkylation sites (tertiary alicyclic amines) is 1. The molecule has 2 N–H and O–H groups in total. The van der Waals surface area contributed by atoms with Gasteiger partial charge in [0.25, 0.3) is 0 Å². The number of carbonyl (C=O) groups is 1. The van der Waals surface area contributed by atoms with Gasteiger partial charge in [0.2, 0.25) is 10.0 Å². The van der Waals surface area contributed by atoms with E-state index >= 15 is 0 Å². The van der Waals surface area contributed by atoms with Crippen LogP contribution in [0.2, 0.25) is 0 Å². The van der Waals surface area contributed by atoms with Crippen LogP contribution in [0.3, 0.4) is 0 Å². The zero-order valence-electron chi connectivity index (χ0n) is 24.1. The van der Waals surface area contributed by atoms with Crippen molar-refractivity contribution in [2.24, 2.45) is 5.92 Å². The molecule has 2 aromatic rings. The SMILES string of the molecule is CCCCN(C(=O)NCC1CCCCC1)C1CCN(Cc2ccc(Oc3ccc(NS(C)(=O)=O)cc3)cc2)CC1. The Kier molecular flexibility index (Phi) is 11.1. The lowest BCUT2D eigenvalue weighted by atomic mass is 9.89. The van der Waals surface area contributed by atoms with Crippen molar-refractivity contribution in [1.82, 2.24) is 15.1 Å². The Labute approximate surface area is 240 Å². The quantitative estimate of drug-likeness (QED) is 0.317. The van der Waals surface area contributed by atoms with Crippen LogP contribution in [0.4, 0.5) is 10.5 Å². The smallest absolute Gasteiger partial charge is 0.317 e. The van der Waals surface area contributed by atoms with Crippen LogP contribution < -0.4 is 14.8 Å². The number of carbonyl (C=O) groups excluding carboxylic acids is 1. The number of anilines is 1. The Morgan fingerprint density at radius 1 is 0.950 bits per heavy atom. The van der Waals surface area contributed by atoms with Gasteiger partial charge < -0.3 is 15.0 Å². The minimum atomic E-state index is -3.30. The van der Waals surface area contributed by atoms with Gasteiger partial charge in [-0.05, 0) is 80.0 Å². The first-order chi connectivity index (χ1) is 19.3.